The summed E-state index contributed by atoms with van der Waals surface area (Å²) in [4.78, 5) is 12.1. The molecule has 0 fully saturated rings. The van der Waals surface area contributed by atoms with E-state index in [9.17, 15) is 19.4 Å². The van der Waals surface area contributed by atoms with Crippen LogP contribution in [0.3, 0.4) is 0 Å². The van der Waals surface area contributed by atoms with E-state index in [1.807, 2.05) is 0 Å². The molecule has 0 atom stereocenters. The molecule has 8 heteroatoms. The number of phenolic OH excluding ortho intramolecular Hbond substituents is 2. The molecule has 0 saturated carbocycles. The van der Waals surface area contributed by atoms with Crippen molar-refractivity contribution >= 4 is 23.7 Å². The number of halogens is 2. The quantitative estimate of drug-likeness (QED) is 0.415. The van der Waals surface area contributed by atoms with Gasteiger partial charge in [-0.05, 0) is 36.4 Å². The Bertz CT molecular complexity index is 1050. The van der Waals surface area contributed by atoms with Crippen LogP contribution < -0.4 is 10.2 Å². The number of carbonyl (C=O) groups excluding carboxylic acids is 1. The Hall–Kier alpha value is -3.58. The summed E-state index contributed by atoms with van der Waals surface area (Å²) in [6, 6.07) is 14.5. The molecule has 0 aliphatic rings. The number of aromatic hydroxyl groups is 2. The second-order valence-corrected chi connectivity index (χ2v) is 6.44. The smallest absolute Gasteiger partial charge is 0.271 e. The van der Waals surface area contributed by atoms with Gasteiger partial charge in [0.1, 0.15) is 29.7 Å². The van der Waals surface area contributed by atoms with Gasteiger partial charge >= 0.3 is 0 Å². The highest BCUT2D eigenvalue weighted by molar-refractivity contribution is 6.30. The van der Waals surface area contributed by atoms with Crippen molar-refractivity contribution in [2.75, 3.05) is 0 Å². The van der Waals surface area contributed by atoms with Crippen LogP contribution in [0.4, 0.5) is 4.39 Å². The lowest BCUT2D eigenvalue weighted by Gasteiger charge is -2.10. The first-order valence-electron chi connectivity index (χ1n) is 8.44. The van der Waals surface area contributed by atoms with Crippen LogP contribution in [0.5, 0.6) is 17.2 Å². The number of hydrogen-bond acceptors (Lipinski definition) is 5. The molecule has 3 rings (SSSR count). The molecule has 3 N–H and O–H groups in total. The monoisotopic (exact) mass is 414 g/mol. The number of ether oxygens (including phenoxy) is 1. The van der Waals surface area contributed by atoms with E-state index in [0.29, 0.717) is 21.9 Å². The Morgan fingerprint density at radius 3 is 2.55 bits per heavy atom. The highest BCUT2D eigenvalue weighted by Gasteiger charge is 2.09. The van der Waals surface area contributed by atoms with E-state index in [-0.39, 0.29) is 29.5 Å². The molecular formula is C21H16ClFN2O4. The summed E-state index contributed by atoms with van der Waals surface area (Å²) < 4.78 is 19.4. The van der Waals surface area contributed by atoms with Gasteiger partial charge in [-0.25, -0.2) is 9.82 Å². The Morgan fingerprint density at radius 1 is 1.10 bits per heavy atom. The molecule has 0 spiro atoms. The van der Waals surface area contributed by atoms with Crippen LogP contribution >= 0.6 is 11.6 Å². The summed E-state index contributed by atoms with van der Waals surface area (Å²) >= 11 is 6.01. The summed E-state index contributed by atoms with van der Waals surface area (Å²) in [5.41, 5.74) is 3.17. The topological polar surface area (TPSA) is 91.2 Å². The van der Waals surface area contributed by atoms with Crippen molar-refractivity contribution in [1.82, 2.24) is 5.43 Å². The Morgan fingerprint density at radius 2 is 1.83 bits per heavy atom. The zero-order valence-corrected chi connectivity index (χ0v) is 15.7. The van der Waals surface area contributed by atoms with Crippen LogP contribution in [-0.2, 0) is 6.61 Å². The summed E-state index contributed by atoms with van der Waals surface area (Å²) in [5.74, 6) is -1.12. The molecule has 1 amide bonds. The highest BCUT2D eigenvalue weighted by atomic mass is 35.5. The zero-order chi connectivity index (χ0) is 20.8. The lowest BCUT2D eigenvalue weighted by Crippen LogP contribution is -2.17. The average Bonchev–Trinajstić information content (AvgIpc) is 2.67. The van der Waals surface area contributed by atoms with Gasteiger partial charge in [-0.1, -0.05) is 29.8 Å². The molecular weight excluding hydrogens is 399 g/mol. The standard InChI is InChI=1S/C21H16ClFN2O4/c22-16-5-6-20(29-12-13-3-1-2-4-19(13)23)15(7-16)11-24-25-21(28)14-8-17(26)10-18(27)9-14/h1-11,26-27H,12H2,(H,25,28). The van der Waals surface area contributed by atoms with Gasteiger partial charge in [0.2, 0.25) is 0 Å². The van der Waals surface area contributed by atoms with Crippen molar-refractivity contribution in [1.29, 1.82) is 0 Å². The van der Waals surface area contributed by atoms with Crippen LogP contribution in [0.25, 0.3) is 0 Å². The summed E-state index contributed by atoms with van der Waals surface area (Å²) in [6.07, 6.45) is 1.32. The number of hydrazone groups is 1. The number of nitrogens with one attached hydrogen (secondary N) is 1. The fraction of sp³-hybridized carbons (Fsp3) is 0.0476. The van der Waals surface area contributed by atoms with Crippen LogP contribution in [0.2, 0.25) is 5.02 Å². The number of rotatable bonds is 6. The van der Waals surface area contributed by atoms with Crippen LogP contribution in [0, 0.1) is 5.82 Å². The number of amides is 1. The maximum atomic E-state index is 13.8. The molecule has 3 aromatic rings. The first kappa shape index (κ1) is 20.2. The maximum Gasteiger partial charge on any atom is 0.271 e. The van der Waals surface area contributed by atoms with E-state index in [1.165, 1.54) is 24.4 Å². The first-order chi connectivity index (χ1) is 13.9. The van der Waals surface area contributed by atoms with Crippen molar-refractivity contribution in [3.63, 3.8) is 0 Å². The first-order valence-corrected chi connectivity index (χ1v) is 8.82. The van der Waals surface area contributed by atoms with Crippen molar-refractivity contribution in [3.05, 3.63) is 88.2 Å². The van der Waals surface area contributed by atoms with Gasteiger partial charge in [0.05, 0.1) is 6.21 Å². The molecule has 0 aromatic heterocycles. The molecule has 0 heterocycles. The van der Waals surface area contributed by atoms with Crippen molar-refractivity contribution < 1.29 is 24.1 Å². The van der Waals surface area contributed by atoms with Crippen molar-refractivity contribution in [2.24, 2.45) is 5.10 Å². The van der Waals surface area contributed by atoms with Gasteiger partial charge in [0, 0.05) is 27.8 Å². The molecule has 0 saturated heterocycles. The van der Waals surface area contributed by atoms with Crippen LogP contribution in [0.1, 0.15) is 21.5 Å². The fourth-order valence-corrected chi connectivity index (χ4v) is 2.65. The maximum absolute atomic E-state index is 13.8. The number of phenols is 2. The number of carbonyl (C=O) groups is 1. The van der Waals surface area contributed by atoms with E-state index in [2.05, 4.69) is 10.5 Å². The van der Waals surface area contributed by atoms with E-state index in [1.54, 1.807) is 36.4 Å². The summed E-state index contributed by atoms with van der Waals surface area (Å²) in [6.45, 7) is 0.00404. The summed E-state index contributed by atoms with van der Waals surface area (Å²) in [7, 11) is 0. The van der Waals surface area contributed by atoms with Gasteiger partial charge in [-0.2, -0.15) is 5.10 Å². The van der Waals surface area contributed by atoms with E-state index >= 15 is 0 Å². The van der Waals surface area contributed by atoms with Crippen LogP contribution in [0.15, 0.2) is 65.8 Å². The van der Waals surface area contributed by atoms with Crippen LogP contribution in [-0.4, -0.2) is 22.3 Å². The largest absolute Gasteiger partial charge is 0.508 e. The third-order valence-electron chi connectivity index (χ3n) is 3.85. The van der Waals surface area contributed by atoms with E-state index < -0.39 is 5.91 Å². The third kappa shape index (κ3) is 5.46. The van der Waals surface area contributed by atoms with Gasteiger partial charge in [0.15, 0.2) is 0 Å². The molecule has 0 unspecified atom stereocenters. The van der Waals surface area contributed by atoms with Gasteiger partial charge in [0.25, 0.3) is 5.91 Å². The molecule has 148 valence electrons. The molecule has 29 heavy (non-hydrogen) atoms. The average molecular weight is 415 g/mol. The van der Waals surface area contributed by atoms with E-state index in [0.717, 1.165) is 6.07 Å². The number of benzene rings is 3. The lowest BCUT2D eigenvalue weighted by molar-refractivity contribution is 0.0954. The Kier molecular flexibility index (Phi) is 6.31. The van der Waals surface area contributed by atoms with Crippen molar-refractivity contribution in [2.45, 2.75) is 6.61 Å². The number of hydrogen-bond donors (Lipinski definition) is 3. The minimum Gasteiger partial charge on any atom is -0.508 e. The molecule has 0 radical (unpaired) electrons. The minimum absolute atomic E-state index is 0.00404. The fourth-order valence-electron chi connectivity index (χ4n) is 2.47. The molecule has 0 aliphatic heterocycles. The number of nitrogens with zero attached hydrogens (tertiary/aromatic N) is 1. The van der Waals surface area contributed by atoms with E-state index in [4.69, 9.17) is 16.3 Å². The van der Waals surface area contributed by atoms with Gasteiger partial charge < -0.3 is 14.9 Å². The predicted octanol–water partition coefficient (Wildman–Crippen LogP) is 4.23. The molecule has 6 nitrogen and oxygen atoms in total. The Labute approximate surface area is 170 Å². The zero-order valence-electron chi connectivity index (χ0n) is 15.0. The Balaban J connectivity index is 1.72. The normalized spacial score (nSPS) is 10.8. The lowest BCUT2D eigenvalue weighted by atomic mass is 10.2. The minimum atomic E-state index is -0.636. The second-order valence-electron chi connectivity index (χ2n) is 6.00. The second kappa shape index (κ2) is 9.07. The van der Waals surface area contributed by atoms with Gasteiger partial charge in [-0.15, -0.1) is 0 Å². The SMILES string of the molecule is O=C(NN=Cc1cc(Cl)ccc1OCc1ccccc1F)c1cc(O)cc(O)c1. The van der Waals surface area contributed by atoms with Crippen molar-refractivity contribution in [3.8, 4) is 17.2 Å². The predicted molar refractivity (Wildman–Crippen MR) is 107 cm³/mol. The molecule has 0 bridgehead atoms. The van der Waals surface area contributed by atoms with Gasteiger partial charge in [-0.3, -0.25) is 4.79 Å². The third-order valence-corrected chi connectivity index (χ3v) is 4.08. The molecule has 3 aromatic carbocycles. The summed E-state index contributed by atoms with van der Waals surface area (Å²) in [5, 5.41) is 23.2. The molecule has 0 aliphatic carbocycles. The highest BCUT2D eigenvalue weighted by Crippen LogP contribution is 2.23.